The van der Waals surface area contributed by atoms with Crippen LogP contribution in [0.1, 0.15) is 39.8 Å². The molecule has 2 heterocycles. The summed E-state index contributed by atoms with van der Waals surface area (Å²) >= 11 is 0. The molecule has 2 rings (SSSR count). The number of ketones is 2. The maximum Gasteiger partial charge on any atom is 0.174 e. The summed E-state index contributed by atoms with van der Waals surface area (Å²) < 4.78 is 3.14. The Bertz CT molecular complexity index is 624. The van der Waals surface area contributed by atoms with Crippen molar-refractivity contribution in [1.29, 1.82) is 0 Å². The number of carbonyl (C=O) groups excluding carboxylic acids is 2. The molecule has 0 saturated heterocycles. The molecule has 0 fully saturated rings. The van der Waals surface area contributed by atoms with Gasteiger partial charge in [-0.3, -0.25) is 19.0 Å². The summed E-state index contributed by atoms with van der Waals surface area (Å²) in [5.41, 5.74) is 1.71. The van der Waals surface area contributed by atoms with Crippen molar-refractivity contribution in [3.63, 3.8) is 0 Å². The third-order valence-electron chi connectivity index (χ3n) is 2.89. The molecule has 0 atom stereocenters. The predicted octanol–water partition coefficient (Wildman–Crippen LogP) is 1.17. The van der Waals surface area contributed by atoms with Gasteiger partial charge in [0.2, 0.25) is 0 Å². The van der Waals surface area contributed by atoms with E-state index in [1.165, 1.54) is 6.20 Å². The van der Waals surface area contributed by atoms with E-state index in [1.54, 1.807) is 35.9 Å². The molecule has 0 aromatic carbocycles. The highest BCUT2D eigenvalue weighted by atomic mass is 16.1. The largest absolute Gasteiger partial charge is 0.294 e. The Hall–Kier alpha value is -2.24. The second-order valence-electron chi connectivity index (χ2n) is 4.44. The van der Waals surface area contributed by atoms with Gasteiger partial charge in [0.25, 0.3) is 0 Å². The van der Waals surface area contributed by atoms with Gasteiger partial charge < -0.3 is 0 Å². The molecule has 0 aliphatic heterocycles. The molecular formula is C13H16N4O2. The summed E-state index contributed by atoms with van der Waals surface area (Å²) in [6, 6.07) is 0. The molecule has 0 radical (unpaired) electrons. The predicted molar refractivity (Wildman–Crippen MR) is 69.1 cm³/mol. The molecule has 2 aromatic heterocycles. The number of nitrogens with zero attached hydrogens (tertiary/aromatic N) is 4. The molecule has 100 valence electrons. The van der Waals surface area contributed by atoms with Crippen molar-refractivity contribution in [2.24, 2.45) is 14.1 Å². The van der Waals surface area contributed by atoms with Crippen LogP contribution in [-0.2, 0) is 20.5 Å². The average Bonchev–Trinajstić information content (AvgIpc) is 2.95. The molecule has 0 unspecified atom stereocenters. The van der Waals surface area contributed by atoms with Gasteiger partial charge in [-0.15, -0.1) is 0 Å². The summed E-state index contributed by atoms with van der Waals surface area (Å²) in [6.45, 7) is 1.93. The Balaban J connectivity index is 2.14. The van der Waals surface area contributed by atoms with Crippen LogP contribution in [0.4, 0.5) is 0 Å². The van der Waals surface area contributed by atoms with Crippen LogP contribution in [0.25, 0.3) is 0 Å². The van der Waals surface area contributed by atoms with E-state index in [-0.39, 0.29) is 18.0 Å². The first-order valence-corrected chi connectivity index (χ1v) is 6.08. The molecule has 0 saturated carbocycles. The highest BCUT2D eigenvalue weighted by Crippen LogP contribution is 2.12. The quantitative estimate of drug-likeness (QED) is 0.597. The highest BCUT2D eigenvalue weighted by molar-refractivity contribution is 6.13. The van der Waals surface area contributed by atoms with Gasteiger partial charge >= 0.3 is 0 Å². The zero-order valence-electron chi connectivity index (χ0n) is 11.3. The van der Waals surface area contributed by atoms with Crippen molar-refractivity contribution >= 4 is 11.6 Å². The lowest BCUT2D eigenvalue weighted by molar-refractivity contribution is 0.0894. The molecule has 6 heteroatoms. The van der Waals surface area contributed by atoms with Gasteiger partial charge in [0.15, 0.2) is 11.6 Å². The van der Waals surface area contributed by atoms with Gasteiger partial charge in [-0.05, 0) is 6.42 Å². The summed E-state index contributed by atoms with van der Waals surface area (Å²) in [5, 5.41) is 8.13. The van der Waals surface area contributed by atoms with Crippen molar-refractivity contribution in [3.05, 3.63) is 35.4 Å². The number of hydrogen-bond acceptors (Lipinski definition) is 4. The fraction of sp³-hybridized carbons (Fsp3) is 0.385. The molecule has 2 aromatic rings. The van der Waals surface area contributed by atoms with Crippen LogP contribution >= 0.6 is 0 Å². The number of aromatic nitrogens is 4. The summed E-state index contributed by atoms with van der Waals surface area (Å²) in [7, 11) is 3.49. The van der Waals surface area contributed by atoms with Gasteiger partial charge in [0.05, 0.1) is 29.4 Å². The van der Waals surface area contributed by atoms with Crippen molar-refractivity contribution in [2.45, 2.75) is 19.8 Å². The van der Waals surface area contributed by atoms with E-state index in [2.05, 4.69) is 10.2 Å². The van der Waals surface area contributed by atoms with Crippen LogP contribution < -0.4 is 0 Å². The first-order chi connectivity index (χ1) is 9.01. The third kappa shape index (κ3) is 2.78. The molecule has 19 heavy (non-hydrogen) atoms. The van der Waals surface area contributed by atoms with E-state index in [0.717, 1.165) is 5.69 Å². The van der Waals surface area contributed by atoms with Crippen molar-refractivity contribution < 1.29 is 9.59 Å². The summed E-state index contributed by atoms with van der Waals surface area (Å²) in [6.07, 6.45) is 5.27. The lowest BCUT2D eigenvalue weighted by Crippen LogP contribution is -2.09. The minimum Gasteiger partial charge on any atom is -0.294 e. The summed E-state index contributed by atoms with van der Waals surface area (Å²) in [4.78, 5) is 24.1. The molecule has 0 spiro atoms. The molecule has 0 aliphatic rings. The first kappa shape index (κ1) is 13.2. The topological polar surface area (TPSA) is 69.8 Å². The first-order valence-electron chi connectivity index (χ1n) is 6.08. The van der Waals surface area contributed by atoms with Crippen LogP contribution in [0, 0.1) is 0 Å². The Morgan fingerprint density at radius 2 is 1.89 bits per heavy atom. The second kappa shape index (κ2) is 5.17. The molecule has 6 nitrogen and oxygen atoms in total. The standard InChI is InChI=1S/C13H16N4O2/c1-4-11-10(8-17(3)15-11)13(19)5-12(18)9-6-14-16(2)7-9/h6-8H,4-5H2,1-3H3. The van der Waals surface area contributed by atoms with Crippen molar-refractivity contribution in [3.8, 4) is 0 Å². The fourth-order valence-electron chi connectivity index (χ4n) is 1.94. The van der Waals surface area contributed by atoms with Crippen molar-refractivity contribution in [2.75, 3.05) is 0 Å². The number of Topliss-reactive ketones (excluding diaryl/α,β-unsaturated/α-hetero) is 2. The van der Waals surface area contributed by atoms with Gasteiger partial charge in [-0.25, -0.2) is 0 Å². The maximum atomic E-state index is 12.1. The Morgan fingerprint density at radius 3 is 2.47 bits per heavy atom. The molecule has 0 bridgehead atoms. The second-order valence-corrected chi connectivity index (χ2v) is 4.44. The van der Waals surface area contributed by atoms with E-state index >= 15 is 0 Å². The van der Waals surface area contributed by atoms with Crippen LogP contribution in [0.5, 0.6) is 0 Å². The van der Waals surface area contributed by atoms with Crippen molar-refractivity contribution in [1.82, 2.24) is 19.6 Å². The van der Waals surface area contributed by atoms with Gasteiger partial charge in [0, 0.05) is 26.5 Å². The van der Waals surface area contributed by atoms with E-state index in [0.29, 0.717) is 17.5 Å². The molecule has 0 aliphatic carbocycles. The lowest BCUT2D eigenvalue weighted by atomic mass is 10.0. The molecule has 0 amide bonds. The van der Waals surface area contributed by atoms with E-state index < -0.39 is 0 Å². The van der Waals surface area contributed by atoms with Gasteiger partial charge in [-0.1, -0.05) is 6.92 Å². The normalized spacial score (nSPS) is 10.7. The lowest BCUT2D eigenvalue weighted by Gasteiger charge is -1.98. The Morgan fingerprint density at radius 1 is 1.16 bits per heavy atom. The average molecular weight is 260 g/mol. The number of aryl methyl sites for hydroxylation is 3. The monoisotopic (exact) mass is 260 g/mol. The van der Waals surface area contributed by atoms with E-state index in [9.17, 15) is 9.59 Å². The zero-order valence-corrected chi connectivity index (χ0v) is 11.3. The third-order valence-corrected chi connectivity index (χ3v) is 2.89. The van der Waals surface area contributed by atoms with Gasteiger partial charge in [-0.2, -0.15) is 10.2 Å². The number of hydrogen-bond donors (Lipinski definition) is 0. The van der Waals surface area contributed by atoms with E-state index in [1.807, 2.05) is 6.92 Å². The number of carbonyl (C=O) groups is 2. The summed E-state index contributed by atoms with van der Waals surface area (Å²) in [5.74, 6) is -0.414. The van der Waals surface area contributed by atoms with Gasteiger partial charge in [0.1, 0.15) is 0 Å². The zero-order chi connectivity index (χ0) is 14.0. The minimum absolute atomic E-state index is 0.148. The molecule has 0 N–H and O–H groups in total. The van der Waals surface area contributed by atoms with E-state index in [4.69, 9.17) is 0 Å². The SMILES string of the molecule is CCc1nn(C)cc1C(=O)CC(=O)c1cnn(C)c1. The fourth-order valence-corrected chi connectivity index (χ4v) is 1.94. The highest BCUT2D eigenvalue weighted by Gasteiger charge is 2.19. The maximum absolute atomic E-state index is 12.1. The smallest absolute Gasteiger partial charge is 0.174 e. The van der Waals surface area contributed by atoms with Crippen LogP contribution in [-0.4, -0.2) is 31.1 Å². The Kier molecular flexibility index (Phi) is 3.59. The van der Waals surface area contributed by atoms with Crippen LogP contribution in [0.3, 0.4) is 0 Å². The Labute approximate surface area is 111 Å². The minimum atomic E-state index is -0.219. The van der Waals surface area contributed by atoms with Crippen LogP contribution in [0.2, 0.25) is 0 Å². The number of rotatable bonds is 5. The molecular weight excluding hydrogens is 244 g/mol. The van der Waals surface area contributed by atoms with Crippen LogP contribution in [0.15, 0.2) is 18.6 Å².